The SMILES string of the molecule is C1=Cc2ccccc2N(c2ccccc2)C(c2cc(-c3nc4ccccc4n3-c3ccccc3)cc(-c3nc4ccccc4n3-c3ccccc3)c2)=C1. The van der Waals surface area contributed by atoms with Crippen LogP contribution in [0.2, 0.25) is 0 Å². The summed E-state index contributed by atoms with van der Waals surface area (Å²) in [5, 5.41) is 0. The monoisotopic (exact) mass is 679 g/mol. The smallest absolute Gasteiger partial charge is 0.145 e. The van der Waals surface area contributed by atoms with Crippen LogP contribution >= 0.6 is 0 Å². The molecule has 0 bridgehead atoms. The lowest BCUT2D eigenvalue weighted by Gasteiger charge is -2.29. The minimum Gasteiger partial charge on any atom is -0.309 e. The fourth-order valence-electron chi connectivity index (χ4n) is 7.51. The number of imidazole rings is 2. The molecule has 2 aromatic heterocycles. The normalized spacial score (nSPS) is 12.5. The Balaban J connectivity index is 1.29. The first-order chi connectivity index (χ1) is 26.3. The molecule has 0 spiro atoms. The van der Waals surface area contributed by atoms with Crippen molar-refractivity contribution in [3.63, 3.8) is 0 Å². The number of fused-ring (bicyclic) bond motifs is 3. The van der Waals surface area contributed by atoms with Gasteiger partial charge in [-0.05, 0) is 102 Å². The fourth-order valence-corrected chi connectivity index (χ4v) is 7.51. The average molecular weight is 680 g/mol. The molecule has 9 aromatic rings. The number of anilines is 2. The highest BCUT2D eigenvalue weighted by Crippen LogP contribution is 2.42. The van der Waals surface area contributed by atoms with Gasteiger partial charge in [0.25, 0.3) is 0 Å². The third-order valence-electron chi connectivity index (χ3n) is 9.86. The van der Waals surface area contributed by atoms with Crippen LogP contribution in [0.25, 0.3) is 68.0 Å². The van der Waals surface area contributed by atoms with Crippen LogP contribution in [-0.2, 0) is 0 Å². The lowest BCUT2D eigenvalue weighted by molar-refractivity contribution is 1.09. The van der Waals surface area contributed by atoms with E-state index in [1.807, 2.05) is 0 Å². The molecule has 53 heavy (non-hydrogen) atoms. The molecule has 0 atom stereocenters. The Morgan fingerprint density at radius 1 is 0.396 bits per heavy atom. The van der Waals surface area contributed by atoms with Crippen molar-refractivity contribution in [3.05, 3.63) is 205 Å². The largest absolute Gasteiger partial charge is 0.309 e. The van der Waals surface area contributed by atoms with E-state index in [-0.39, 0.29) is 0 Å². The zero-order valence-corrected chi connectivity index (χ0v) is 28.8. The van der Waals surface area contributed by atoms with Crippen molar-refractivity contribution in [2.24, 2.45) is 0 Å². The molecule has 0 aliphatic carbocycles. The maximum absolute atomic E-state index is 5.32. The van der Waals surface area contributed by atoms with E-state index in [4.69, 9.17) is 9.97 Å². The first kappa shape index (κ1) is 30.6. The Hall–Kier alpha value is -7.24. The van der Waals surface area contributed by atoms with Crippen LogP contribution in [0, 0.1) is 0 Å². The second-order valence-corrected chi connectivity index (χ2v) is 13.1. The van der Waals surface area contributed by atoms with E-state index in [2.05, 4.69) is 214 Å². The summed E-state index contributed by atoms with van der Waals surface area (Å²) in [7, 11) is 0. The van der Waals surface area contributed by atoms with Crippen molar-refractivity contribution in [3.8, 4) is 34.2 Å². The molecule has 0 amide bonds. The topological polar surface area (TPSA) is 38.9 Å². The van der Waals surface area contributed by atoms with Gasteiger partial charge in [0, 0.05) is 28.2 Å². The van der Waals surface area contributed by atoms with E-state index in [1.165, 1.54) is 0 Å². The van der Waals surface area contributed by atoms with Crippen molar-refractivity contribution >= 4 is 45.2 Å². The number of nitrogens with zero attached hydrogens (tertiary/aromatic N) is 5. The van der Waals surface area contributed by atoms with Crippen molar-refractivity contribution in [2.45, 2.75) is 0 Å². The van der Waals surface area contributed by atoms with E-state index in [1.54, 1.807) is 0 Å². The third-order valence-corrected chi connectivity index (χ3v) is 9.86. The highest BCUT2D eigenvalue weighted by atomic mass is 15.2. The molecule has 5 heteroatoms. The van der Waals surface area contributed by atoms with E-state index in [9.17, 15) is 0 Å². The van der Waals surface area contributed by atoms with Gasteiger partial charge in [0.2, 0.25) is 0 Å². The summed E-state index contributed by atoms with van der Waals surface area (Å²) in [6.07, 6.45) is 6.56. The maximum Gasteiger partial charge on any atom is 0.145 e. The molecule has 10 rings (SSSR count). The molecular weight excluding hydrogens is 647 g/mol. The quantitative estimate of drug-likeness (QED) is 0.176. The van der Waals surface area contributed by atoms with Gasteiger partial charge in [-0.1, -0.05) is 109 Å². The Bertz CT molecular complexity index is 2690. The van der Waals surface area contributed by atoms with Crippen LogP contribution in [0.5, 0.6) is 0 Å². The lowest BCUT2D eigenvalue weighted by Crippen LogP contribution is -2.16. The van der Waals surface area contributed by atoms with Gasteiger partial charge in [0.1, 0.15) is 11.6 Å². The second kappa shape index (κ2) is 12.8. The van der Waals surface area contributed by atoms with Crippen LogP contribution in [0.3, 0.4) is 0 Å². The molecule has 1 aliphatic rings. The molecule has 0 radical (unpaired) electrons. The molecule has 5 nitrogen and oxygen atoms in total. The van der Waals surface area contributed by atoms with Crippen molar-refractivity contribution in [1.29, 1.82) is 0 Å². The molecule has 0 saturated heterocycles. The molecule has 1 aliphatic heterocycles. The molecular formula is C48H33N5. The van der Waals surface area contributed by atoms with Crippen LogP contribution in [0.1, 0.15) is 11.1 Å². The van der Waals surface area contributed by atoms with Crippen LogP contribution in [0.4, 0.5) is 11.4 Å². The summed E-state index contributed by atoms with van der Waals surface area (Å²) in [4.78, 5) is 13.0. The Morgan fingerprint density at radius 3 is 1.42 bits per heavy atom. The summed E-state index contributed by atoms with van der Waals surface area (Å²) in [6.45, 7) is 0. The van der Waals surface area contributed by atoms with E-state index < -0.39 is 0 Å². The van der Waals surface area contributed by atoms with Gasteiger partial charge in [-0.2, -0.15) is 0 Å². The maximum atomic E-state index is 5.32. The van der Waals surface area contributed by atoms with Gasteiger partial charge < -0.3 is 4.90 Å². The van der Waals surface area contributed by atoms with Gasteiger partial charge in [-0.25, -0.2) is 9.97 Å². The predicted octanol–water partition coefficient (Wildman–Crippen LogP) is 11.9. The zero-order chi connectivity index (χ0) is 35.1. The number of allylic oxidation sites excluding steroid dienone is 2. The zero-order valence-electron chi connectivity index (χ0n) is 28.8. The van der Waals surface area contributed by atoms with E-state index in [0.717, 1.165) is 84.4 Å². The summed E-state index contributed by atoms with van der Waals surface area (Å²) in [5.74, 6) is 1.72. The molecule has 7 aromatic carbocycles. The molecule has 0 saturated carbocycles. The Labute approximate surface area is 307 Å². The first-order valence-electron chi connectivity index (χ1n) is 17.8. The number of aromatic nitrogens is 4. The minimum absolute atomic E-state index is 0.860. The predicted molar refractivity (Wildman–Crippen MR) is 219 cm³/mol. The van der Waals surface area contributed by atoms with E-state index >= 15 is 0 Å². The standard InChI is InChI=1S/C48H33N5/c1-4-19-38(20-5-1)51-43-27-13-10-17-34(43)18-16-30-44(51)35-31-36(47-49-41-25-11-14-28-45(41)52(47)39-21-6-2-7-22-39)33-37(32-35)48-50-42-26-12-15-29-46(42)53(48)40-23-8-3-9-24-40/h1-33H. The summed E-state index contributed by atoms with van der Waals surface area (Å²) < 4.78 is 4.54. The number of hydrogen-bond donors (Lipinski definition) is 0. The molecule has 0 unspecified atom stereocenters. The van der Waals surface area contributed by atoms with E-state index in [0.29, 0.717) is 0 Å². The summed E-state index contributed by atoms with van der Waals surface area (Å²) >= 11 is 0. The van der Waals surface area contributed by atoms with Gasteiger partial charge >= 0.3 is 0 Å². The number of benzene rings is 7. The fraction of sp³-hybridized carbons (Fsp3) is 0. The first-order valence-corrected chi connectivity index (χ1v) is 17.8. The summed E-state index contributed by atoms with van der Waals surface area (Å²) in [6, 6.07) is 63.7. The van der Waals surface area contributed by atoms with Gasteiger partial charge in [-0.15, -0.1) is 0 Å². The van der Waals surface area contributed by atoms with Crippen molar-refractivity contribution in [1.82, 2.24) is 19.1 Å². The number of rotatable bonds is 6. The average Bonchev–Trinajstić information content (AvgIpc) is 3.75. The summed E-state index contributed by atoms with van der Waals surface area (Å²) in [5.41, 5.74) is 13.5. The highest BCUT2D eigenvalue weighted by molar-refractivity contribution is 5.96. The van der Waals surface area contributed by atoms with Crippen LogP contribution in [0.15, 0.2) is 194 Å². The molecule has 0 fully saturated rings. The third kappa shape index (κ3) is 5.34. The lowest BCUT2D eigenvalue weighted by atomic mass is 10.00. The molecule has 0 N–H and O–H groups in total. The van der Waals surface area contributed by atoms with Gasteiger partial charge in [0.05, 0.1) is 33.5 Å². The Kier molecular flexibility index (Phi) is 7.40. The van der Waals surface area contributed by atoms with Gasteiger partial charge in [0.15, 0.2) is 0 Å². The molecule has 250 valence electrons. The van der Waals surface area contributed by atoms with Crippen molar-refractivity contribution < 1.29 is 0 Å². The molecule has 3 heterocycles. The van der Waals surface area contributed by atoms with Crippen LogP contribution < -0.4 is 4.90 Å². The Morgan fingerprint density at radius 2 is 0.849 bits per heavy atom. The van der Waals surface area contributed by atoms with Crippen molar-refractivity contribution in [2.75, 3.05) is 4.90 Å². The minimum atomic E-state index is 0.860. The number of hydrogen-bond acceptors (Lipinski definition) is 3. The number of para-hydroxylation sites is 8. The van der Waals surface area contributed by atoms with Crippen LogP contribution in [-0.4, -0.2) is 19.1 Å². The second-order valence-electron chi connectivity index (χ2n) is 13.1. The highest BCUT2D eigenvalue weighted by Gasteiger charge is 2.24. The van der Waals surface area contributed by atoms with Gasteiger partial charge in [-0.3, -0.25) is 9.13 Å².